The third-order valence-electron chi connectivity index (χ3n) is 4.37. The van der Waals surface area contributed by atoms with Crippen LogP contribution in [0.5, 0.6) is 5.75 Å². The Morgan fingerprint density at radius 2 is 1.95 bits per heavy atom. The molecular formula is C16H24N2O2. The minimum absolute atomic E-state index is 0.618. The van der Waals surface area contributed by atoms with Crippen LogP contribution in [-0.4, -0.2) is 46.5 Å². The van der Waals surface area contributed by atoms with Gasteiger partial charge in [0, 0.05) is 18.8 Å². The highest BCUT2D eigenvalue weighted by Gasteiger charge is 2.21. The predicted octanol–water partition coefficient (Wildman–Crippen LogP) is 2.00. The Hall–Kier alpha value is -1.26. The number of methoxy groups -OCH3 is 1. The van der Waals surface area contributed by atoms with Crippen molar-refractivity contribution in [1.82, 2.24) is 5.32 Å². The van der Waals surface area contributed by atoms with E-state index in [-0.39, 0.29) is 0 Å². The zero-order chi connectivity index (χ0) is 13.8. The van der Waals surface area contributed by atoms with E-state index < -0.39 is 0 Å². The highest BCUT2D eigenvalue weighted by atomic mass is 16.5. The number of rotatable bonds is 3. The van der Waals surface area contributed by atoms with Crippen LogP contribution in [0.25, 0.3) is 0 Å². The average molecular weight is 276 g/mol. The number of nitrogens with zero attached hydrogens (tertiary/aromatic N) is 1. The summed E-state index contributed by atoms with van der Waals surface area (Å²) in [6, 6.07) is 6.64. The molecule has 0 radical (unpaired) electrons. The van der Waals surface area contributed by atoms with Crippen LogP contribution in [0.1, 0.15) is 24.3 Å². The van der Waals surface area contributed by atoms with Crippen LogP contribution in [0.15, 0.2) is 18.2 Å². The quantitative estimate of drug-likeness (QED) is 0.915. The van der Waals surface area contributed by atoms with E-state index in [2.05, 4.69) is 28.4 Å². The van der Waals surface area contributed by atoms with Crippen LogP contribution in [0.4, 0.5) is 5.69 Å². The summed E-state index contributed by atoms with van der Waals surface area (Å²) >= 11 is 0. The molecule has 0 aromatic heterocycles. The number of morpholine rings is 1. The Morgan fingerprint density at radius 3 is 2.65 bits per heavy atom. The molecule has 2 aliphatic heterocycles. The van der Waals surface area contributed by atoms with Gasteiger partial charge in [-0.05, 0) is 55.6 Å². The van der Waals surface area contributed by atoms with Gasteiger partial charge in [0.15, 0.2) is 0 Å². The Balaban J connectivity index is 1.85. The zero-order valence-electron chi connectivity index (χ0n) is 12.2. The Morgan fingerprint density at radius 1 is 1.20 bits per heavy atom. The number of anilines is 1. The van der Waals surface area contributed by atoms with Crippen LogP contribution >= 0.6 is 0 Å². The normalized spacial score (nSPS) is 20.9. The van der Waals surface area contributed by atoms with Crippen molar-refractivity contribution in [2.45, 2.75) is 18.8 Å². The number of nitrogens with one attached hydrogen (secondary N) is 1. The van der Waals surface area contributed by atoms with Gasteiger partial charge in [-0.3, -0.25) is 0 Å². The van der Waals surface area contributed by atoms with Crippen LogP contribution in [0.2, 0.25) is 0 Å². The summed E-state index contributed by atoms with van der Waals surface area (Å²) in [5.74, 6) is 1.65. The Bertz CT molecular complexity index is 438. The highest BCUT2D eigenvalue weighted by Crippen LogP contribution is 2.35. The molecule has 2 fully saturated rings. The van der Waals surface area contributed by atoms with E-state index in [9.17, 15) is 0 Å². The summed E-state index contributed by atoms with van der Waals surface area (Å²) in [6.07, 6.45) is 2.39. The molecule has 1 aromatic rings. The van der Waals surface area contributed by atoms with Crippen molar-refractivity contribution in [3.8, 4) is 5.75 Å². The van der Waals surface area contributed by atoms with E-state index >= 15 is 0 Å². The van der Waals surface area contributed by atoms with E-state index in [0.29, 0.717) is 5.92 Å². The maximum Gasteiger partial charge on any atom is 0.122 e. The first-order valence-corrected chi connectivity index (χ1v) is 7.60. The van der Waals surface area contributed by atoms with Crippen LogP contribution in [0.3, 0.4) is 0 Å². The molecule has 0 atom stereocenters. The molecule has 20 heavy (non-hydrogen) atoms. The summed E-state index contributed by atoms with van der Waals surface area (Å²) in [5, 5.41) is 3.43. The van der Waals surface area contributed by atoms with Crippen molar-refractivity contribution in [2.24, 2.45) is 0 Å². The maximum absolute atomic E-state index is 5.58. The number of benzene rings is 1. The molecule has 4 heteroatoms. The second-order valence-electron chi connectivity index (χ2n) is 5.55. The zero-order valence-corrected chi connectivity index (χ0v) is 12.2. The van der Waals surface area contributed by atoms with Crippen molar-refractivity contribution in [1.29, 1.82) is 0 Å². The molecule has 0 unspecified atom stereocenters. The molecule has 110 valence electrons. The summed E-state index contributed by atoms with van der Waals surface area (Å²) < 4.78 is 11.0. The number of ether oxygens (including phenoxy) is 2. The summed E-state index contributed by atoms with van der Waals surface area (Å²) in [4.78, 5) is 2.41. The van der Waals surface area contributed by atoms with Gasteiger partial charge in [0.05, 0.1) is 20.3 Å². The number of hydrogen-bond donors (Lipinski definition) is 1. The van der Waals surface area contributed by atoms with Crippen molar-refractivity contribution >= 4 is 5.69 Å². The van der Waals surface area contributed by atoms with E-state index in [0.717, 1.165) is 45.1 Å². The van der Waals surface area contributed by atoms with Crippen molar-refractivity contribution < 1.29 is 9.47 Å². The van der Waals surface area contributed by atoms with Gasteiger partial charge in [0.2, 0.25) is 0 Å². The third kappa shape index (κ3) is 2.91. The highest BCUT2D eigenvalue weighted by molar-refractivity contribution is 5.54. The van der Waals surface area contributed by atoms with Gasteiger partial charge < -0.3 is 19.7 Å². The van der Waals surface area contributed by atoms with Gasteiger partial charge in [-0.1, -0.05) is 0 Å². The summed E-state index contributed by atoms with van der Waals surface area (Å²) in [6.45, 7) is 5.84. The van der Waals surface area contributed by atoms with Gasteiger partial charge in [0.25, 0.3) is 0 Å². The molecule has 0 aliphatic carbocycles. The van der Waals surface area contributed by atoms with Crippen molar-refractivity contribution in [3.05, 3.63) is 23.8 Å². The Labute approximate surface area is 121 Å². The molecule has 3 rings (SSSR count). The average Bonchev–Trinajstić information content (AvgIpc) is 2.56. The smallest absolute Gasteiger partial charge is 0.122 e. The summed E-state index contributed by atoms with van der Waals surface area (Å²) in [7, 11) is 1.77. The standard InChI is InChI=1S/C16H24N2O2/c1-19-16-3-2-14(18-8-10-20-11-9-18)12-15(16)13-4-6-17-7-5-13/h2-3,12-13,17H,4-11H2,1H3. The van der Waals surface area contributed by atoms with Gasteiger partial charge in [-0.2, -0.15) is 0 Å². The lowest BCUT2D eigenvalue weighted by molar-refractivity contribution is 0.122. The lowest BCUT2D eigenvalue weighted by Gasteiger charge is -2.31. The maximum atomic E-state index is 5.58. The fourth-order valence-corrected chi connectivity index (χ4v) is 3.19. The van der Waals surface area contributed by atoms with E-state index in [4.69, 9.17) is 9.47 Å². The molecule has 1 aromatic carbocycles. The van der Waals surface area contributed by atoms with E-state index in [1.165, 1.54) is 24.1 Å². The molecule has 0 bridgehead atoms. The minimum atomic E-state index is 0.618. The fourth-order valence-electron chi connectivity index (χ4n) is 3.19. The fraction of sp³-hybridized carbons (Fsp3) is 0.625. The van der Waals surface area contributed by atoms with Crippen LogP contribution < -0.4 is 15.0 Å². The number of hydrogen-bond acceptors (Lipinski definition) is 4. The third-order valence-corrected chi connectivity index (χ3v) is 4.37. The minimum Gasteiger partial charge on any atom is -0.496 e. The molecule has 2 aliphatic rings. The van der Waals surface area contributed by atoms with Gasteiger partial charge >= 0.3 is 0 Å². The van der Waals surface area contributed by atoms with Crippen LogP contribution in [-0.2, 0) is 4.74 Å². The molecule has 2 saturated heterocycles. The lowest BCUT2D eigenvalue weighted by Crippen LogP contribution is -2.36. The lowest BCUT2D eigenvalue weighted by atomic mass is 9.89. The molecule has 4 nitrogen and oxygen atoms in total. The van der Waals surface area contributed by atoms with E-state index in [1.54, 1.807) is 7.11 Å². The summed E-state index contributed by atoms with van der Waals surface area (Å²) in [5.41, 5.74) is 2.68. The predicted molar refractivity (Wildman–Crippen MR) is 80.9 cm³/mol. The molecule has 0 amide bonds. The van der Waals surface area contributed by atoms with E-state index in [1.807, 2.05) is 0 Å². The first-order valence-electron chi connectivity index (χ1n) is 7.60. The molecule has 1 N–H and O–H groups in total. The first kappa shape index (κ1) is 13.7. The second-order valence-corrected chi connectivity index (χ2v) is 5.55. The molecular weight excluding hydrogens is 252 g/mol. The first-order chi connectivity index (χ1) is 9.88. The SMILES string of the molecule is COc1ccc(N2CCOCC2)cc1C1CCNCC1. The van der Waals surface area contributed by atoms with Crippen molar-refractivity contribution in [2.75, 3.05) is 51.4 Å². The van der Waals surface area contributed by atoms with Crippen LogP contribution in [0, 0.1) is 0 Å². The molecule has 0 spiro atoms. The monoisotopic (exact) mass is 276 g/mol. The van der Waals surface area contributed by atoms with Gasteiger partial charge in [-0.25, -0.2) is 0 Å². The van der Waals surface area contributed by atoms with Gasteiger partial charge in [-0.15, -0.1) is 0 Å². The number of piperidine rings is 1. The largest absolute Gasteiger partial charge is 0.496 e. The molecule has 2 heterocycles. The van der Waals surface area contributed by atoms with Gasteiger partial charge in [0.1, 0.15) is 5.75 Å². The molecule has 0 saturated carbocycles. The topological polar surface area (TPSA) is 33.7 Å². The Kier molecular flexibility index (Phi) is 4.43. The van der Waals surface area contributed by atoms with Crippen molar-refractivity contribution in [3.63, 3.8) is 0 Å². The second kappa shape index (κ2) is 6.46.